The normalized spacial score (nSPS) is 11.4. The highest BCUT2D eigenvalue weighted by atomic mass is 19.4. The summed E-state index contributed by atoms with van der Waals surface area (Å²) in [6.07, 6.45) is -2.57. The SMILES string of the molecule is CCOc1ccc(-c2cnc(NCc3ccc(C(F)(F)F)cc3)n2C)cc1. The first-order chi connectivity index (χ1) is 12.9. The van der Waals surface area contributed by atoms with E-state index in [2.05, 4.69) is 10.3 Å². The number of ether oxygens (including phenoxy) is 1. The van der Waals surface area contributed by atoms with E-state index in [1.807, 2.05) is 42.8 Å². The third-order valence-electron chi connectivity index (χ3n) is 4.18. The summed E-state index contributed by atoms with van der Waals surface area (Å²) < 4.78 is 45.2. The Labute approximate surface area is 155 Å². The summed E-state index contributed by atoms with van der Waals surface area (Å²) in [6, 6.07) is 12.8. The zero-order chi connectivity index (χ0) is 19.4. The number of alkyl halides is 3. The number of aromatic nitrogens is 2. The number of hydrogen-bond acceptors (Lipinski definition) is 3. The first-order valence-electron chi connectivity index (χ1n) is 8.53. The molecule has 1 N–H and O–H groups in total. The molecule has 0 amide bonds. The van der Waals surface area contributed by atoms with Crippen LogP contribution in [0.2, 0.25) is 0 Å². The first kappa shape index (κ1) is 18.8. The predicted octanol–water partition coefficient (Wildman–Crippen LogP) is 5.12. The monoisotopic (exact) mass is 375 g/mol. The van der Waals surface area contributed by atoms with Crippen LogP contribution < -0.4 is 10.1 Å². The van der Waals surface area contributed by atoms with Gasteiger partial charge in [0.25, 0.3) is 0 Å². The maximum atomic E-state index is 12.6. The molecule has 0 radical (unpaired) electrons. The molecule has 0 bridgehead atoms. The highest BCUT2D eigenvalue weighted by Gasteiger charge is 2.29. The zero-order valence-electron chi connectivity index (χ0n) is 15.0. The molecule has 142 valence electrons. The lowest BCUT2D eigenvalue weighted by Crippen LogP contribution is -2.07. The zero-order valence-corrected chi connectivity index (χ0v) is 15.0. The molecule has 0 saturated heterocycles. The molecule has 0 fully saturated rings. The van der Waals surface area contributed by atoms with Crippen LogP contribution in [0.3, 0.4) is 0 Å². The van der Waals surface area contributed by atoms with Crippen LogP contribution in [0, 0.1) is 0 Å². The molecule has 2 aromatic carbocycles. The van der Waals surface area contributed by atoms with Gasteiger partial charge in [-0.25, -0.2) is 4.98 Å². The van der Waals surface area contributed by atoms with Crippen molar-refractivity contribution in [2.75, 3.05) is 11.9 Å². The Kier molecular flexibility index (Phi) is 5.39. The van der Waals surface area contributed by atoms with E-state index < -0.39 is 11.7 Å². The van der Waals surface area contributed by atoms with Crippen molar-refractivity contribution in [3.8, 4) is 17.0 Å². The summed E-state index contributed by atoms with van der Waals surface area (Å²) in [4.78, 5) is 4.36. The molecule has 7 heteroatoms. The van der Waals surface area contributed by atoms with E-state index in [0.29, 0.717) is 19.1 Å². The molecular weight excluding hydrogens is 355 g/mol. The van der Waals surface area contributed by atoms with Gasteiger partial charge < -0.3 is 14.6 Å². The fraction of sp³-hybridized carbons (Fsp3) is 0.250. The number of benzene rings is 2. The van der Waals surface area contributed by atoms with Gasteiger partial charge in [-0.15, -0.1) is 0 Å². The van der Waals surface area contributed by atoms with E-state index >= 15 is 0 Å². The quantitative estimate of drug-likeness (QED) is 0.650. The predicted molar refractivity (Wildman–Crippen MR) is 98.6 cm³/mol. The molecule has 1 aromatic heterocycles. The molecule has 3 aromatic rings. The van der Waals surface area contributed by atoms with E-state index in [0.717, 1.165) is 34.7 Å². The van der Waals surface area contributed by atoms with Crippen LogP contribution in [0.25, 0.3) is 11.3 Å². The van der Waals surface area contributed by atoms with E-state index in [9.17, 15) is 13.2 Å². The molecule has 3 rings (SSSR count). The summed E-state index contributed by atoms with van der Waals surface area (Å²) >= 11 is 0. The number of imidazole rings is 1. The van der Waals surface area contributed by atoms with E-state index in [-0.39, 0.29) is 0 Å². The van der Waals surface area contributed by atoms with Gasteiger partial charge in [0.2, 0.25) is 5.95 Å². The molecule has 4 nitrogen and oxygen atoms in total. The average Bonchev–Trinajstić information content (AvgIpc) is 3.01. The molecule has 0 aliphatic rings. The summed E-state index contributed by atoms with van der Waals surface area (Å²) in [6.45, 7) is 2.93. The second-order valence-corrected chi connectivity index (χ2v) is 6.03. The Morgan fingerprint density at radius 3 is 2.30 bits per heavy atom. The number of halogens is 3. The van der Waals surface area contributed by atoms with Crippen molar-refractivity contribution in [3.05, 3.63) is 65.9 Å². The molecule has 0 spiro atoms. The van der Waals surface area contributed by atoms with Gasteiger partial charge in [-0.3, -0.25) is 0 Å². The van der Waals surface area contributed by atoms with Crippen molar-refractivity contribution in [3.63, 3.8) is 0 Å². The minimum Gasteiger partial charge on any atom is -0.494 e. The summed E-state index contributed by atoms with van der Waals surface area (Å²) in [5.74, 6) is 1.45. The summed E-state index contributed by atoms with van der Waals surface area (Å²) in [5.41, 5.74) is 2.01. The van der Waals surface area contributed by atoms with Crippen LogP contribution in [0.4, 0.5) is 19.1 Å². The molecule has 0 atom stereocenters. The van der Waals surface area contributed by atoms with Gasteiger partial charge in [0.15, 0.2) is 0 Å². The highest BCUT2D eigenvalue weighted by Crippen LogP contribution is 2.29. The molecule has 1 heterocycles. The maximum Gasteiger partial charge on any atom is 0.416 e. The number of nitrogens with zero attached hydrogens (tertiary/aromatic N) is 2. The van der Waals surface area contributed by atoms with Crippen LogP contribution in [0.1, 0.15) is 18.1 Å². The van der Waals surface area contributed by atoms with Gasteiger partial charge in [-0.1, -0.05) is 12.1 Å². The number of hydrogen-bond donors (Lipinski definition) is 1. The van der Waals surface area contributed by atoms with E-state index in [1.165, 1.54) is 12.1 Å². The van der Waals surface area contributed by atoms with Gasteiger partial charge in [0, 0.05) is 19.2 Å². The maximum absolute atomic E-state index is 12.6. The van der Waals surface area contributed by atoms with Crippen molar-refractivity contribution < 1.29 is 17.9 Å². The standard InChI is InChI=1S/C20H20F3N3O/c1-3-27-17-10-6-15(7-11-17)18-13-25-19(26(18)2)24-12-14-4-8-16(9-5-14)20(21,22)23/h4-11,13H,3,12H2,1-2H3,(H,24,25). The van der Waals surface area contributed by atoms with Crippen LogP contribution in [-0.2, 0) is 19.8 Å². The van der Waals surface area contributed by atoms with Crippen LogP contribution >= 0.6 is 0 Å². The Balaban J connectivity index is 1.68. The van der Waals surface area contributed by atoms with Gasteiger partial charge >= 0.3 is 6.18 Å². The summed E-state index contributed by atoms with van der Waals surface area (Å²) in [7, 11) is 1.88. The molecule has 27 heavy (non-hydrogen) atoms. The second kappa shape index (κ2) is 7.73. The Morgan fingerprint density at radius 2 is 1.70 bits per heavy atom. The van der Waals surface area contributed by atoms with Crippen molar-refractivity contribution in [2.45, 2.75) is 19.6 Å². The molecular formula is C20H20F3N3O. The number of nitrogens with one attached hydrogen (secondary N) is 1. The average molecular weight is 375 g/mol. The fourth-order valence-corrected chi connectivity index (χ4v) is 2.72. The lowest BCUT2D eigenvalue weighted by molar-refractivity contribution is -0.137. The van der Waals surface area contributed by atoms with Crippen LogP contribution in [0.5, 0.6) is 5.75 Å². The van der Waals surface area contributed by atoms with Crippen molar-refractivity contribution >= 4 is 5.95 Å². The van der Waals surface area contributed by atoms with Crippen LogP contribution in [0.15, 0.2) is 54.7 Å². The fourth-order valence-electron chi connectivity index (χ4n) is 2.72. The summed E-state index contributed by atoms with van der Waals surface area (Å²) in [5, 5.41) is 3.16. The molecule has 0 aliphatic heterocycles. The van der Waals surface area contributed by atoms with Gasteiger partial charge in [0.1, 0.15) is 5.75 Å². The lowest BCUT2D eigenvalue weighted by Gasteiger charge is -2.10. The second-order valence-electron chi connectivity index (χ2n) is 6.03. The van der Waals surface area contributed by atoms with Crippen molar-refractivity contribution in [1.82, 2.24) is 9.55 Å². The lowest BCUT2D eigenvalue weighted by atomic mass is 10.1. The minimum absolute atomic E-state index is 0.381. The number of anilines is 1. The van der Waals surface area contributed by atoms with Crippen LogP contribution in [-0.4, -0.2) is 16.2 Å². The Bertz CT molecular complexity index is 884. The van der Waals surface area contributed by atoms with E-state index in [4.69, 9.17) is 4.74 Å². The van der Waals surface area contributed by atoms with Gasteiger partial charge in [-0.2, -0.15) is 13.2 Å². The molecule has 0 aliphatic carbocycles. The highest BCUT2D eigenvalue weighted by molar-refractivity contribution is 5.62. The van der Waals surface area contributed by atoms with Crippen molar-refractivity contribution in [1.29, 1.82) is 0 Å². The largest absolute Gasteiger partial charge is 0.494 e. The van der Waals surface area contributed by atoms with E-state index in [1.54, 1.807) is 6.20 Å². The van der Waals surface area contributed by atoms with Gasteiger partial charge in [-0.05, 0) is 48.9 Å². The smallest absolute Gasteiger partial charge is 0.416 e. The first-order valence-corrected chi connectivity index (χ1v) is 8.53. The Hall–Kier alpha value is -2.96. The third-order valence-corrected chi connectivity index (χ3v) is 4.18. The molecule has 0 unspecified atom stereocenters. The van der Waals surface area contributed by atoms with Gasteiger partial charge in [0.05, 0.1) is 24.1 Å². The third kappa shape index (κ3) is 4.42. The Morgan fingerprint density at radius 1 is 1.04 bits per heavy atom. The number of rotatable bonds is 6. The van der Waals surface area contributed by atoms with Crippen molar-refractivity contribution in [2.24, 2.45) is 7.05 Å². The topological polar surface area (TPSA) is 39.1 Å². The molecule has 0 saturated carbocycles. The minimum atomic E-state index is -4.32.